The zero-order valence-electron chi connectivity index (χ0n) is 11.0. The molecule has 1 aromatic carbocycles. The molecule has 3 rings (SSSR count). The molecule has 0 saturated heterocycles. The second-order valence-corrected chi connectivity index (χ2v) is 5.08. The fourth-order valence-corrected chi connectivity index (χ4v) is 2.47. The van der Waals surface area contributed by atoms with Crippen molar-refractivity contribution >= 4 is 0 Å². The topological polar surface area (TPSA) is 8.81 Å². The van der Waals surface area contributed by atoms with Crippen LogP contribution in [0.2, 0.25) is 0 Å². The quantitative estimate of drug-likeness (QED) is 0.739. The van der Waals surface area contributed by atoms with Gasteiger partial charge in [-0.25, -0.2) is 9.13 Å². The van der Waals surface area contributed by atoms with E-state index in [1.54, 1.807) is 0 Å². The highest BCUT2D eigenvalue weighted by atomic mass is 15.1. The van der Waals surface area contributed by atoms with E-state index in [0.29, 0.717) is 5.92 Å². The molecule has 0 amide bonds. The lowest BCUT2D eigenvalue weighted by Gasteiger charge is -2.09. The molecule has 96 valence electrons. The van der Waals surface area contributed by atoms with Gasteiger partial charge >= 0.3 is 0 Å². The summed E-state index contributed by atoms with van der Waals surface area (Å²) in [6, 6.07) is 10.6. The fourth-order valence-electron chi connectivity index (χ4n) is 2.47. The van der Waals surface area contributed by atoms with Gasteiger partial charge in [0.1, 0.15) is 18.9 Å². The second-order valence-electron chi connectivity index (χ2n) is 5.08. The van der Waals surface area contributed by atoms with Gasteiger partial charge in [-0.3, -0.25) is 0 Å². The number of hydrogen-bond donors (Lipinski definition) is 0. The summed E-state index contributed by atoms with van der Waals surface area (Å²) in [7, 11) is 0. The van der Waals surface area contributed by atoms with E-state index in [1.165, 1.54) is 5.56 Å². The summed E-state index contributed by atoms with van der Waals surface area (Å²) in [6.45, 7) is 2.00. The number of aromatic nitrogens is 2. The maximum atomic E-state index is 2.29. The van der Waals surface area contributed by atoms with Crippen LogP contribution in [-0.2, 0) is 13.1 Å². The molecule has 1 aliphatic rings. The summed E-state index contributed by atoms with van der Waals surface area (Å²) < 4.78 is 4.51. The van der Waals surface area contributed by atoms with Crippen LogP contribution in [0.25, 0.3) is 0 Å². The standard InChI is InChI=1S/C17H19N2/c1-3-7-16(8-4-1)13-18-11-12-19(15-18)14-17-9-5-2-6-10-17/h1-9,11-12,15,17H,10,13-14H2/q+1. The van der Waals surface area contributed by atoms with E-state index in [0.717, 1.165) is 19.5 Å². The van der Waals surface area contributed by atoms with Gasteiger partial charge in [-0.1, -0.05) is 54.6 Å². The lowest BCUT2D eigenvalue weighted by atomic mass is 10.0. The average molecular weight is 251 g/mol. The van der Waals surface area contributed by atoms with Crippen LogP contribution in [0.3, 0.4) is 0 Å². The normalized spacial score (nSPS) is 17.8. The highest BCUT2D eigenvalue weighted by molar-refractivity contribution is 5.13. The van der Waals surface area contributed by atoms with Crippen LogP contribution in [0.15, 0.2) is 73.4 Å². The van der Waals surface area contributed by atoms with Crippen molar-refractivity contribution in [1.29, 1.82) is 0 Å². The highest BCUT2D eigenvalue weighted by Crippen LogP contribution is 2.13. The van der Waals surface area contributed by atoms with E-state index in [-0.39, 0.29) is 0 Å². The highest BCUT2D eigenvalue weighted by Gasteiger charge is 2.11. The van der Waals surface area contributed by atoms with E-state index < -0.39 is 0 Å². The first-order valence-corrected chi connectivity index (χ1v) is 6.82. The smallest absolute Gasteiger partial charge is 0.236 e. The molecule has 1 aromatic heterocycles. The monoisotopic (exact) mass is 251 g/mol. The summed E-state index contributed by atoms with van der Waals surface area (Å²) in [6.07, 6.45) is 16.5. The lowest BCUT2D eigenvalue weighted by molar-refractivity contribution is -0.687. The lowest BCUT2D eigenvalue weighted by Crippen LogP contribution is -2.31. The van der Waals surface area contributed by atoms with Crippen molar-refractivity contribution in [3.63, 3.8) is 0 Å². The van der Waals surface area contributed by atoms with Gasteiger partial charge in [0.15, 0.2) is 0 Å². The minimum Gasteiger partial charge on any atom is -0.236 e. The Balaban J connectivity index is 1.63. The molecule has 1 atom stereocenters. The molecule has 0 spiro atoms. The Morgan fingerprint density at radius 3 is 2.84 bits per heavy atom. The molecule has 1 aliphatic carbocycles. The van der Waals surface area contributed by atoms with Crippen molar-refractivity contribution in [2.45, 2.75) is 19.5 Å². The molecule has 2 aromatic rings. The summed E-state index contributed by atoms with van der Waals surface area (Å²) in [4.78, 5) is 0. The van der Waals surface area contributed by atoms with Crippen LogP contribution in [0.5, 0.6) is 0 Å². The van der Waals surface area contributed by atoms with Gasteiger partial charge in [-0.15, -0.1) is 0 Å². The Kier molecular flexibility index (Phi) is 3.59. The third kappa shape index (κ3) is 3.22. The van der Waals surface area contributed by atoms with Crippen LogP contribution in [-0.4, -0.2) is 4.57 Å². The summed E-state index contributed by atoms with van der Waals surface area (Å²) in [5.74, 6) is 0.627. The van der Waals surface area contributed by atoms with E-state index in [1.807, 2.05) is 0 Å². The zero-order valence-corrected chi connectivity index (χ0v) is 11.0. The van der Waals surface area contributed by atoms with Crippen LogP contribution in [0.1, 0.15) is 12.0 Å². The average Bonchev–Trinajstić information content (AvgIpc) is 2.88. The Labute approximate surface area is 114 Å². The maximum Gasteiger partial charge on any atom is 0.244 e. The number of hydrogen-bond acceptors (Lipinski definition) is 0. The molecule has 0 radical (unpaired) electrons. The van der Waals surface area contributed by atoms with Gasteiger partial charge < -0.3 is 0 Å². The molecule has 0 N–H and O–H groups in total. The molecular formula is C17H19N2+. The van der Waals surface area contributed by atoms with E-state index in [4.69, 9.17) is 0 Å². The molecule has 2 heteroatoms. The van der Waals surface area contributed by atoms with Crippen LogP contribution < -0.4 is 4.57 Å². The van der Waals surface area contributed by atoms with E-state index in [2.05, 4.69) is 82.5 Å². The SMILES string of the molecule is C1=CCC(Cn2cc[n+](Cc3ccccc3)c2)C=C1. The number of benzene rings is 1. The Hall–Kier alpha value is -2.09. The maximum absolute atomic E-state index is 2.29. The van der Waals surface area contributed by atoms with Gasteiger partial charge in [0.25, 0.3) is 0 Å². The molecule has 1 unspecified atom stereocenters. The molecule has 19 heavy (non-hydrogen) atoms. The van der Waals surface area contributed by atoms with E-state index >= 15 is 0 Å². The molecule has 0 saturated carbocycles. The molecular weight excluding hydrogens is 232 g/mol. The first-order valence-electron chi connectivity index (χ1n) is 6.82. The predicted molar refractivity (Wildman–Crippen MR) is 76.6 cm³/mol. The number of rotatable bonds is 4. The first-order chi connectivity index (χ1) is 9.40. The number of nitrogens with zero attached hydrogens (tertiary/aromatic N) is 2. The van der Waals surface area contributed by atoms with Crippen molar-refractivity contribution in [3.05, 3.63) is 78.9 Å². The fraction of sp³-hybridized carbons (Fsp3) is 0.235. The molecule has 2 nitrogen and oxygen atoms in total. The van der Waals surface area contributed by atoms with Crippen LogP contribution in [0, 0.1) is 5.92 Å². The molecule has 0 fully saturated rings. The van der Waals surface area contributed by atoms with Crippen molar-refractivity contribution in [2.24, 2.45) is 5.92 Å². The second kappa shape index (κ2) is 5.70. The van der Waals surface area contributed by atoms with Crippen LogP contribution >= 0.6 is 0 Å². The molecule has 0 aliphatic heterocycles. The largest absolute Gasteiger partial charge is 0.244 e. The first kappa shape index (κ1) is 12.0. The predicted octanol–water partition coefficient (Wildman–Crippen LogP) is 2.96. The van der Waals surface area contributed by atoms with Gasteiger partial charge in [0, 0.05) is 5.92 Å². The Morgan fingerprint density at radius 2 is 2.05 bits per heavy atom. The number of allylic oxidation sites excluding steroid dienone is 4. The van der Waals surface area contributed by atoms with Crippen molar-refractivity contribution in [3.8, 4) is 0 Å². The van der Waals surface area contributed by atoms with Gasteiger partial charge in [0.05, 0.1) is 6.54 Å². The van der Waals surface area contributed by atoms with Crippen molar-refractivity contribution in [1.82, 2.24) is 4.57 Å². The van der Waals surface area contributed by atoms with Gasteiger partial charge in [-0.05, 0) is 12.0 Å². The molecule has 0 bridgehead atoms. The summed E-state index contributed by atoms with van der Waals surface area (Å²) in [5.41, 5.74) is 1.34. The zero-order chi connectivity index (χ0) is 12.9. The molecule has 1 heterocycles. The summed E-state index contributed by atoms with van der Waals surface area (Å²) in [5, 5.41) is 0. The van der Waals surface area contributed by atoms with Gasteiger partial charge in [-0.2, -0.15) is 0 Å². The third-order valence-corrected chi connectivity index (χ3v) is 3.47. The summed E-state index contributed by atoms with van der Waals surface area (Å²) >= 11 is 0. The van der Waals surface area contributed by atoms with E-state index in [9.17, 15) is 0 Å². The Bertz CT molecular complexity index is 578. The minimum atomic E-state index is 0.627. The van der Waals surface area contributed by atoms with Gasteiger partial charge in [0.2, 0.25) is 6.33 Å². The van der Waals surface area contributed by atoms with Crippen LogP contribution in [0.4, 0.5) is 0 Å². The van der Waals surface area contributed by atoms with Crippen molar-refractivity contribution in [2.75, 3.05) is 0 Å². The third-order valence-electron chi connectivity index (χ3n) is 3.47. The minimum absolute atomic E-state index is 0.627. The Morgan fingerprint density at radius 1 is 1.16 bits per heavy atom. The number of imidazole rings is 1. The van der Waals surface area contributed by atoms with Crippen molar-refractivity contribution < 1.29 is 4.57 Å².